The van der Waals surface area contributed by atoms with Crippen LogP contribution in [0.3, 0.4) is 0 Å². The summed E-state index contributed by atoms with van der Waals surface area (Å²) in [6.07, 6.45) is 4.65. The van der Waals surface area contributed by atoms with Crippen molar-refractivity contribution in [1.29, 1.82) is 0 Å². The van der Waals surface area contributed by atoms with Crippen molar-refractivity contribution in [1.82, 2.24) is 14.9 Å². The summed E-state index contributed by atoms with van der Waals surface area (Å²) in [6, 6.07) is -0.0273. The van der Waals surface area contributed by atoms with E-state index in [0.29, 0.717) is 25.5 Å². The molecule has 142 valence electrons. The molecule has 0 saturated carbocycles. The zero-order valence-corrected chi connectivity index (χ0v) is 15.6. The lowest BCUT2D eigenvalue weighted by Crippen LogP contribution is -2.40. The lowest BCUT2D eigenvalue weighted by molar-refractivity contribution is -0.136. The number of methoxy groups -OCH3 is 1. The van der Waals surface area contributed by atoms with Crippen molar-refractivity contribution in [3.8, 4) is 0 Å². The third kappa shape index (κ3) is 3.80. The molecule has 2 aliphatic rings. The molecule has 2 fully saturated rings. The van der Waals surface area contributed by atoms with E-state index in [1.807, 2.05) is 4.90 Å². The first-order valence-electron chi connectivity index (χ1n) is 9.06. The van der Waals surface area contributed by atoms with Gasteiger partial charge in [0.05, 0.1) is 17.9 Å². The van der Waals surface area contributed by atoms with E-state index >= 15 is 0 Å². The molecule has 0 unspecified atom stereocenters. The van der Waals surface area contributed by atoms with Crippen LogP contribution in [0.4, 0.5) is 10.6 Å². The number of nitrogens with zero attached hydrogens (tertiary/aromatic N) is 4. The van der Waals surface area contributed by atoms with E-state index < -0.39 is 0 Å². The third-order valence-corrected chi connectivity index (χ3v) is 5.10. The van der Waals surface area contributed by atoms with Crippen molar-refractivity contribution in [2.24, 2.45) is 5.92 Å². The van der Waals surface area contributed by atoms with Crippen LogP contribution in [0.5, 0.6) is 0 Å². The molecule has 2 saturated heterocycles. The Morgan fingerprint density at radius 2 is 2.08 bits per heavy atom. The van der Waals surface area contributed by atoms with Gasteiger partial charge in [-0.15, -0.1) is 0 Å². The Kier molecular flexibility index (Phi) is 5.70. The molecule has 3 heterocycles. The molecule has 8 nitrogen and oxygen atoms in total. The van der Waals surface area contributed by atoms with Crippen molar-refractivity contribution in [2.75, 3.05) is 38.3 Å². The maximum Gasteiger partial charge on any atom is 0.415 e. The number of ether oxygens (including phenoxy) is 2. The molecule has 0 aliphatic carbocycles. The van der Waals surface area contributed by atoms with E-state index in [-0.39, 0.29) is 36.5 Å². The zero-order chi connectivity index (χ0) is 18.7. The highest BCUT2D eigenvalue weighted by atomic mass is 16.6. The maximum atomic E-state index is 12.1. The Hall–Kier alpha value is -2.22. The topological polar surface area (TPSA) is 84.9 Å². The first-order chi connectivity index (χ1) is 12.5. The van der Waals surface area contributed by atoms with Crippen LogP contribution < -0.4 is 4.90 Å². The maximum absolute atomic E-state index is 12.1. The van der Waals surface area contributed by atoms with Crippen LogP contribution in [0, 0.1) is 5.92 Å². The summed E-state index contributed by atoms with van der Waals surface area (Å²) in [6.45, 7) is 5.97. The van der Waals surface area contributed by atoms with E-state index in [0.717, 1.165) is 18.5 Å². The fourth-order valence-electron chi connectivity index (χ4n) is 3.51. The van der Waals surface area contributed by atoms with Gasteiger partial charge >= 0.3 is 6.09 Å². The lowest BCUT2D eigenvalue weighted by Gasteiger charge is -2.32. The molecule has 26 heavy (non-hydrogen) atoms. The SMILES string of the molecule is COCC(=O)N1CCC(c2cncc(N3C(=O)OC[C@@H]3C(C)C)n2)CC1. The van der Waals surface area contributed by atoms with Crippen LogP contribution in [0.2, 0.25) is 0 Å². The monoisotopic (exact) mass is 362 g/mol. The molecule has 0 aromatic carbocycles. The van der Waals surface area contributed by atoms with Gasteiger partial charge in [0.2, 0.25) is 5.91 Å². The van der Waals surface area contributed by atoms with Crippen molar-refractivity contribution in [3.05, 3.63) is 18.1 Å². The van der Waals surface area contributed by atoms with Crippen molar-refractivity contribution in [3.63, 3.8) is 0 Å². The standard InChI is InChI=1S/C18H26N4O4/c1-12(2)15-10-26-18(24)22(15)16-9-19-8-14(20-16)13-4-6-21(7-5-13)17(23)11-25-3/h8-9,12-13,15H,4-7,10-11H2,1-3H3/t15-/m1/s1. The first-order valence-corrected chi connectivity index (χ1v) is 9.06. The lowest BCUT2D eigenvalue weighted by atomic mass is 9.93. The Labute approximate surface area is 153 Å². The second-order valence-electron chi connectivity index (χ2n) is 7.15. The van der Waals surface area contributed by atoms with Crippen LogP contribution in [0.15, 0.2) is 12.4 Å². The van der Waals surface area contributed by atoms with Crippen LogP contribution in [0.1, 0.15) is 38.3 Å². The molecule has 0 radical (unpaired) electrons. The van der Waals surface area contributed by atoms with Gasteiger partial charge in [0.25, 0.3) is 0 Å². The summed E-state index contributed by atoms with van der Waals surface area (Å²) < 4.78 is 10.1. The first kappa shape index (κ1) is 18.6. The van der Waals surface area contributed by atoms with Gasteiger partial charge < -0.3 is 14.4 Å². The van der Waals surface area contributed by atoms with Crippen molar-refractivity contribution in [2.45, 2.75) is 38.6 Å². The molecule has 1 atom stereocenters. The highest BCUT2D eigenvalue weighted by Gasteiger charge is 2.37. The van der Waals surface area contributed by atoms with Gasteiger partial charge in [-0.3, -0.25) is 14.7 Å². The number of anilines is 1. The van der Waals surface area contributed by atoms with Crippen molar-refractivity contribution >= 4 is 17.8 Å². The minimum absolute atomic E-state index is 0.0189. The molecule has 1 aromatic rings. The minimum Gasteiger partial charge on any atom is -0.447 e. The number of piperidine rings is 1. The van der Waals surface area contributed by atoms with Gasteiger partial charge in [0, 0.05) is 32.3 Å². The molecule has 3 rings (SSSR count). The Bertz CT molecular complexity index is 658. The molecular weight excluding hydrogens is 336 g/mol. The zero-order valence-electron chi connectivity index (χ0n) is 15.6. The van der Waals surface area contributed by atoms with Crippen molar-refractivity contribution < 1.29 is 19.1 Å². The summed E-state index contributed by atoms with van der Waals surface area (Å²) in [5, 5.41) is 0. The predicted octanol–water partition coefficient (Wildman–Crippen LogP) is 1.81. The molecule has 1 aromatic heterocycles. The highest BCUT2D eigenvalue weighted by molar-refractivity contribution is 5.89. The van der Waals surface area contributed by atoms with Crippen LogP contribution in [0.25, 0.3) is 0 Å². The quantitative estimate of drug-likeness (QED) is 0.794. The number of cyclic esters (lactones) is 1. The second-order valence-corrected chi connectivity index (χ2v) is 7.15. The molecular formula is C18H26N4O4. The number of likely N-dealkylation sites (tertiary alicyclic amines) is 1. The molecule has 2 aliphatic heterocycles. The number of rotatable bonds is 5. The summed E-state index contributed by atoms with van der Waals surface area (Å²) in [5.41, 5.74) is 0.864. The van der Waals surface area contributed by atoms with E-state index in [4.69, 9.17) is 14.5 Å². The Balaban J connectivity index is 1.70. The van der Waals surface area contributed by atoms with Gasteiger partial charge in [-0.05, 0) is 18.8 Å². The summed E-state index contributed by atoms with van der Waals surface area (Å²) in [4.78, 5) is 36.5. The number of carbonyl (C=O) groups excluding carboxylic acids is 2. The molecule has 0 bridgehead atoms. The number of hydrogen-bond donors (Lipinski definition) is 0. The van der Waals surface area contributed by atoms with Crippen LogP contribution in [-0.4, -0.2) is 66.3 Å². The van der Waals surface area contributed by atoms with Gasteiger partial charge in [0.15, 0.2) is 5.82 Å². The fourth-order valence-corrected chi connectivity index (χ4v) is 3.51. The second kappa shape index (κ2) is 7.99. The number of amides is 2. The average molecular weight is 362 g/mol. The number of aromatic nitrogens is 2. The van der Waals surface area contributed by atoms with Crippen LogP contribution >= 0.6 is 0 Å². The van der Waals surface area contributed by atoms with E-state index in [1.165, 1.54) is 7.11 Å². The van der Waals surface area contributed by atoms with E-state index in [2.05, 4.69) is 18.8 Å². The summed E-state index contributed by atoms with van der Waals surface area (Å²) >= 11 is 0. The molecule has 0 N–H and O–H groups in total. The number of carbonyl (C=O) groups is 2. The smallest absolute Gasteiger partial charge is 0.415 e. The third-order valence-electron chi connectivity index (χ3n) is 5.10. The largest absolute Gasteiger partial charge is 0.447 e. The molecule has 2 amide bonds. The highest BCUT2D eigenvalue weighted by Crippen LogP contribution is 2.30. The fraction of sp³-hybridized carbons (Fsp3) is 0.667. The summed E-state index contributed by atoms with van der Waals surface area (Å²) in [7, 11) is 1.53. The summed E-state index contributed by atoms with van der Waals surface area (Å²) in [5.74, 6) is 1.05. The Morgan fingerprint density at radius 1 is 1.35 bits per heavy atom. The van der Waals surface area contributed by atoms with Gasteiger partial charge in [-0.1, -0.05) is 13.8 Å². The van der Waals surface area contributed by atoms with Gasteiger partial charge in [0.1, 0.15) is 13.2 Å². The Morgan fingerprint density at radius 3 is 2.73 bits per heavy atom. The number of hydrogen-bond acceptors (Lipinski definition) is 6. The van der Waals surface area contributed by atoms with E-state index in [9.17, 15) is 9.59 Å². The predicted molar refractivity (Wildman–Crippen MR) is 94.9 cm³/mol. The minimum atomic E-state index is -0.366. The normalized spacial score (nSPS) is 21.4. The van der Waals surface area contributed by atoms with Gasteiger partial charge in [-0.25, -0.2) is 9.78 Å². The van der Waals surface area contributed by atoms with Crippen LogP contribution in [-0.2, 0) is 14.3 Å². The average Bonchev–Trinajstić information content (AvgIpc) is 3.04. The molecule has 0 spiro atoms. The molecule has 8 heteroatoms. The van der Waals surface area contributed by atoms with Gasteiger partial charge in [-0.2, -0.15) is 0 Å². The van der Waals surface area contributed by atoms with E-state index in [1.54, 1.807) is 17.3 Å².